The summed E-state index contributed by atoms with van der Waals surface area (Å²) in [7, 11) is 0. The van der Waals surface area contributed by atoms with Gasteiger partial charge in [0.15, 0.2) is 0 Å². The van der Waals surface area contributed by atoms with Gasteiger partial charge in [-0.3, -0.25) is 11.3 Å². The number of aryl methyl sites for hydroxylation is 2. The van der Waals surface area contributed by atoms with Crippen LogP contribution >= 0.6 is 22.9 Å². The van der Waals surface area contributed by atoms with Crippen molar-refractivity contribution >= 4 is 22.9 Å². The summed E-state index contributed by atoms with van der Waals surface area (Å²) >= 11 is 8.01. The molecule has 3 rings (SSSR count). The molecule has 0 radical (unpaired) electrons. The lowest BCUT2D eigenvalue weighted by molar-refractivity contribution is 0.351. The number of hydrogen-bond acceptors (Lipinski definition) is 4. The van der Waals surface area contributed by atoms with Crippen LogP contribution in [0.1, 0.15) is 32.5 Å². The molecule has 1 aromatic heterocycles. The highest BCUT2D eigenvalue weighted by atomic mass is 35.5. The molecule has 1 aliphatic heterocycles. The number of benzene rings is 1. The molecule has 3 N–H and O–H groups in total. The van der Waals surface area contributed by atoms with Crippen molar-refractivity contribution in [2.45, 2.75) is 32.7 Å². The van der Waals surface area contributed by atoms with E-state index in [9.17, 15) is 0 Å². The molecule has 0 fully saturated rings. The minimum absolute atomic E-state index is 0.0779. The molecular weight excluding hydrogens is 304 g/mol. The lowest BCUT2D eigenvalue weighted by Gasteiger charge is -2.16. The summed E-state index contributed by atoms with van der Waals surface area (Å²) in [5.41, 5.74) is 6.57. The maximum Gasteiger partial charge on any atom is 0.125 e. The molecule has 21 heavy (non-hydrogen) atoms. The van der Waals surface area contributed by atoms with Crippen molar-refractivity contribution < 1.29 is 4.74 Å². The van der Waals surface area contributed by atoms with E-state index in [0.29, 0.717) is 0 Å². The Hall–Kier alpha value is -1.07. The largest absolute Gasteiger partial charge is 0.493 e. The average Bonchev–Trinajstić information content (AvgIpc) is 3.03. The van der Waals surface area contributed by atoms with Gasteiger partial charge in [-0.05, 0) is 55.2 Å². The van der Waals surface area contributed by atoms with E-state index in [1.54, 1.807) is 11.3 Å². The molecule has 1 aliphatic rings. The third-order valence-electron chi connectivity index (χ3n) is 3.98. The summed E-state index contributed by atoms with van der Waals surface area (Å²) in [4.78, 5) is 2.58. The van der Waals surface area contributed by atoms with Gasteiger partial charge in [-0.1, -0.05) is 11.6 Å². The number of hydrazine groups is 1. The molecule has 1 atom stereocenters. The standard InChI is InChI=1S/C16H19ClN2OS/c1-9-5-15(21-10(9)2)14(19-18)8-12-7-13(17)6-11-3-4-20-16(11)12/h5-7,14,19H,3-4,8,18H2,1-2H3. The van der Waals surface area contributed by atoms with Crippen LogP contribution in [-0.4, -0.2) is 6.61 Å². The fourth-order valence-electron chi connectivity index (χ4n) is 2.73. The maximum absolute atomic E-state index is 6.23. The Kier molecular flexibility index (Phi) is 4.22. The number of halogens is 1. The molecule has 0 amide bonds. The van der Waals surface area contributed by atoms with Crippen molar-refractivity contribution in [1.82, 2.24) is 5.43 Å². The second-order valence-corrected chi connectivity index (χ2v) is 7.19. The Balaban J connectivity index is 1.91. The Morgan fingerprint density at radius 3 is 2.86 bits per heavy atom. The highest BCUT2D eigenvalue weighted by Gasteiger charge is 2.21. The van der Waals surface area contributed by atoms with Gasteiger partial charge < -0.3 is 4.74 Å². The first-order chi connectivity index (χ1) is 10.1. The molecule has 112 valence electrons. The zero-order chi connectivity index (χ0) is 15.0. The molecule has 2 heterocycles. The van der Waals surface area contributed by atoms with Crippen molar-refractivity contribution in [3.05, 3.63) is 49.7 Å². The number of thiophene rings is 1. The molecule has 0 bridgehead atoms. The van der Waals surface area contributed by atoms with Crippen molar-refractivity contribution in [3.8, 4) is 5.75 Å². The van der Waals surface area contributed by atoms with Crippen molar-refractivity contribution in [2.24, 2.45) is 5.84 Å². The van der Waals surface area contributed by atoms with Gasteiger partial charge in [-0.2, -0.15) is 0 Å². The minimum Gasteiger partial charge on any atom is -0.493 e. The van der Waals surface area contributed by atoms with Gasteiger partial charge in [0.25, 0.3) is 0 Å². The van der Waals surface area contributed by atoms with Gasteiger partial charge in [0, 0.05) is 21.2 Å². The van der Waals surface area contributed by atoms with Gasteiger partial charge in [0.1, 0.15) is 5.75 Å². The maximum atomic E-state index is 6.23. The highest BCUT2D eigenvalue weighted by molar-refractivity contribution is 7.12. The molecular formula is C16H19ClN2OS. The van der Waals surface area contributed by atoms with Crippen molar-refractivity contribution in [2.75, 3.05) is 6.61 Å². The summed E-state index contributed by atoms with van der Waals surface area (Å²) in [5, 5.41) is 0.767. The Bertz CT molecular complexity index is 649. The monoisotopic (exact) mass is 322 g/mol. The topological polar surface area (TPSA) is 47.3 Å². The average molecular weight is 323 g/mol. The number of fused-ring (bicyclic) bond motifs is 1. The van der Waals surface area contributed by atoms with Crippen LogP contribution in [0.25, 0.3) is 0 Å². The molecule has 0 spiro atoms. The molecule has 3 nitrogen and oxygen atoms in total. The molecule has 2 aromatic rings. The van der Waals surface area contributed by atoms with Crippen LogP contribution in [0.4, 0.5) is 0 Å². The van der Waals surface area contributed by atoms with Crippen LogP contribution in [0.3, 0.4) is 0 Å². The predicted octanol–water partition coefficient (Wildman–Crippen LogP) is 3.70. The molecule has 0 saturated carbocycles. The molecule has 5 heteroatoms. The third kappa shape index (κ3) is 2.94. The second kappa shape index (κ2) is 5.97. The van der Waals surface area contributed by atoms with Gasteiger partial charge in [0.2, 0.25) is 0 Å². The zero-order valence-electron chi connectivity index (χ0n) is 12.2. The lowest BCUT2D eigenvalue weighted by atomic mass is 10.0. The van der Waals surface area contributed by atoms with Crippen LogP contribution in [0.2, 0.25) is 5.02 Å². The van der Waals surface area contributed by atoms with E-state index in [2.05, 4.69) is 25.3 Å². The fourth-order valence-corrected chi connectivity index (χ4v) is 4.10. The van der Waals surface area contributed by atoms with Crippen LogP contribution in [-0.2, 0) is 12.8 Å². The Morgan fingerprint density at radius 2 is 2.19 bits per heavy atom. The molecule has 1 unspecified atom stereocenters. The number of hydrogen-bond donors (Lipinski definition) is 2. The first-order valence-corrected chi connectivity index (χ1v) is 8.25. The summed E-state index contributed by atoms with van der Waals surface area (Å²) < 4.78 is 5.77. The van der Waals surface area contributed by atoms with E-state index >= 15 is 0 Å². The first-order valence-electron chi connectivity index (χ1n) is 7.05. The molecule has 0 saturated heterocycles. The minimum atomic E-state index is 0.0779. The summed E-state index contributed by atoms with van der Waals surface area (Å²) in [6.45, 7) is 5.00. The number of ether oxygens (including phenoxy) is 1. The van der Waals surface area contributed by atoms with Crippen LogP contribution in [0.15, 0.2) is 18.2 Å². The summed E-state index contributed by atoms with van der Waals surface area (Å²) in [6, 6.07) is 6.27. The smallest absolute Gasteiger partial charge is 0.125 e. The van der Waals surface area contributed by atoms with Crippen LogP contribution in [0.5, 0.6) is 5.75 Å². The van der Waals surface area contributed by atoms with Gasteiger partial charge in [0.05, 0.1) is 12.6 Å². The first kappa shape index (κ1) is 14.9. The number of rotatable bonds is 4. The quantitative estimate of drug-likeness (QED) is 0.666. The summed E-state index contributed by atoms with van der Waals surface area (Å²) in [5.74, 6) is 6.77. The van der Waals surface area contributed by atoms with E-state index in [1.165, 1.54) is 20.9 Å². The van der Waals surface area contributed by atoms with Gasteiger partial charge in [-0.15, -0.1) is 11.3 Å². The van der Waals surface area contributed by atoms with E-state index in [1.807, 2.05) is 12.1 Å². The van der Waals surface area contributed by atoms with Gasteiger partial charge in [-0.25, -0.2) is 0 Å². The summed E-state index contributed by atoms with van der Waals surface area (Å²) in [6.07, 6.45) is 1.71. The second-order valence-electron chi connectivity index (χ2n) is 5.46. The van der Waals surface area contributed by atoms with E-state index in [0.717, 1.165) is 35.8 Å². The molecule has 1 aromatic carbocycles. The van der Waals surface area contributed by atoms with Crippen LogP contribution in [0, 0.1) is 13.8 Å². The SMILES string of the molecule is Cc1cc(C(Cc2cc(Cl)cc3c2OCC3)NN)sc1C. The van der Waals surface area contributed by atoms with Crippen molar-refractivity contribution in [1.29, 1.82) is 0 Å². The Morgan fingerprint density at radius 1 is 1.38 bits per heavy atom. The van der Waals surface area contributed by atoms with E-state index in [-0.39, 0.29) is 6.04 Å². The molecule has 0 aliphatic carbocycles. The third-order valence-corrected chi connectivity index (χ3v) is 5.46. The number of nitrogens with one attached hydrogen (secondary N) is 1. The van der Waals surface area contributed by atoms with E-state index in [4.69, 9.17) is 22.2 Å². The normalized spacial score (nSPS) is 14.9. The number of nitrogens with two attached hydrogens (primary N) is 1. The van der Waals surface area contributed by atoms with Gasteiger partial charge >= 0.3 is 0 Å². The lowest BCUT2D eigenvalue weighted by Crippen LogP contribution is -2.29. The predicted molar refractivity (Wildman–Crippen MR) is 88.2 cm³/mol. The fraction of sp³-hybridized carbons (Fsp3) is 0.375. The van der Waals surface area contributed by atoms with Crippen LogP contribution < -0.4 is 16.0 Å². The zero-order valence-corrected chi connectivity index (χ0v) is 13.8. The highest BCUT2D eigenvalue weighted by Crippen LogP contribution is 2.36. The van der Waals surface area contributed by atoms with Crippen molar-refractivity contribution in [3.63, 3.8) is 0 Å². The van der Waals surface area contributed by atoms with E-state index < -0.39 is 0 Å². The Labute approximate surface area is 134 Å².